The summed E-state index contributed by atoms with van der Waals surface area (Å²) in [5, 5.41) is 6.80. The molecule has 0 atom stereocenters. The summed E-state index contributed by atoms with van der Waals surface area (Å²) in [7, 11) is 6.14. The molecule has 2 aromatic rings. The highest BCUT2D eigenvalue weighted by Crippen LogP contribution is 2.37. The Morgan fingerprint density at radius 2 is 1.31 bits per heavy atom. The van der Waals surface area contributed by atoms with Gasteiger partial charge in [0.1, 0.15) is 23.0 Å². The summed E-state index contributed by atoms with van der Waals surface area (Å²) in [6, 6.07) is 6.67. The molecule has 0 fully saturated rings. The minimum absolute atomic E-state index is 0.301. The van der Waals surface area contributed by atoms with Gasteiger partial charge in [-0.2, -0.15) is 0 Å². The Labute approximate surface area is 162 Å². The van der Waals surface area contributed by atoms with E-state index in [2.05, 4.69) is 10.6 Å². The van der Waals surface area contributed by atoms with Crippen molar-refractivity contribution < 1.29 is 18.9 Å². The minimum atomic E-state index is 0.301. The lowest BCUT2D eigenvalue weighted by Gasteiger charge is -2.17. The van der Waals surface area contributed by atoms with Crippen LogP contribution in [0.25, 0.3) is 0 Å². The molecule has 0 bridgehead atoms. The summed E-state index contributed by atoms with van der Waals surface area (Å²) in [6.45, 7) is 0. The van der Waals surface area contributed by atoms with Crippen LogP contribution in [-0.2, 0) is 0 Å². The van der Waals surface area contributed by atoms with E-state index < -0.39 is 0 Å². The molecule has 0 radical (unpaired) electrons. The Balaban J connectivity index is 2.25. The van der Waals surface area contributed by atoms with Gasteiger partial charge in [-0.25, -0.2) is 0 Å². The van der Waals surface area contributed by atoms with E-state index in [-0.39, 0.29) is 0 Å². The molecule has 0 spiro atoms. The van der Waals surface area contributed by atoms with Crippen molar-refractivity contribution in [3.8, 4) is 23.0 Å². The van der Waals surface area contributed by atoms with Crippen molar-refractivity contribution in [3.63, 3.8) is 0 Å². The molecule has 4 N–H and O–H groups in total. The summed E-state index contributed by atoms with van der Waals surface area (Å²) in [5.41, 5.74) is 7.52. The van der Waals surface area contributed by atoms with Crippen molar-refractivity contribution in [3.05, 3.63) is 29.3 Å². The lowest BCUT2D eigenvalue weighted by atomic mass is 10.2. The predicted molar refractivity (Wildman–Crippen MR) is 108 cm³/mol. The second kappa shape index (κ2) is 8.68. The van der Waals surface area contributed by atoms with E-state index in [4.69, 9.17) is 48.5 Å². The zero-order chi connectivity index (χ0) is 19.3. The first kappa shape index (κ1) is 19.7. The van der Waals surface area contributed by atoms with Gasteiger partial charge in [0.2, 0.25) is 0 Å². The minimum Gasteiger partial charge on any atom is -0.495 e. The van der Waals surface area contributed by atoms with Gasteiger partial charge in [0, 0.05) is 18.2 Å². The molecular weight excluding hydrogens is 378 g/mol. The van der Waals surface area contributed by atoms with Gasteiger partial charge in [0.15, 0.2) is 5.11 Å². The van der Waals surface area contributed by atoms with Crippen LogP contribution in [0.3, 0.4) is 0 Å². The van der Waals surface area contributed by atoms with Gasteiger partial charge in [-0.15, -0.1) is 0 Å². The van der Waals surface area contributed by atoms with E-state index in [1.807, 2.05) is 0 Å². The van der Waals surface area contributed by atoms with Gasteiger partial charge in [-0.05, 0) is 18.3 Å². The highest BCUT2D eigenvalue weighted by atomic mass is 35.5. The standard InChI is InChI=1S/C17H20ClN3O4S/c1-22-13-8-16(25-4)11(5-9(13)18)20-17(26)21-12-7-14(23-2)10(19)6-15(12)24-3/h5-8H,19H2,1-4H3,(H2,20,21,26). The highest BCUT2D eigenvalue weighted by molar-refractivity contribution is 7.80. The third-order valence-corrected chi connectivity index (χ3v) is 4.02. The number of anilines is 3. The summed E-state index contributed by atoms with van der Waals surface area (Å²) in [6.07, 6.45) is 0. The molecule has 0 aliphatic rings. The zero-order valence-corrected chi connectivity index (χ0v) is 16.4. The lowest BCUT2D eigenvalue weighted by molar-refractivity contribution is 0.396. The Bertz CT molecular complexity index is 817. The maximum atomic E-state index is 6.17. The SMILES string of the molecule is COc1cc(NC(=S)Nc2cc(Cl)c(OC)cc2OC)c(OC)cc1N. The zero-order valence-electron chi connectivity index (χ0n) is 14.8. The molecule has 7 nitrogen and oxygen atoms in total. The van der Waals surface area contributed by atoms with Crippen LogP contribution in [0.5, 0.6) is 23.0 Å². The molecule has 26 heavy (non-hydrogen) atoms. The van der Waals surface area contributed by atoms with Gasteiger partial charge >= 0.3 is 0 Å². The second-order valence-electron chi connectivity index (χ2n) is 5.06. The van der Waals surface area contributed by atoms with Gasteiger partial charge < -0.3 is 35.3 Å². The second-order valence-corrected chi connectivity index (χ2v) is 5.88. The molecule has 0 unspecified atom stereocenters. The normalized spacial score (nSPS) is 10.0. The molecule has 2 rings (SSSR count). The molecule has 0 aliphatic heterocycles. The lowest BCUT2D eigenvalue weighted by Crippen LogP contribution is -2.20. The van der Waals surface area contributed by atoms with Crippen molar-refractivity contribution in [2.75, 3.05) is 44.8 Å². The summed E-state index contributed by atoms with van der Waals surface area (Å²) < 4.78 is 21.1. The number of halogens is 1. The van der Waals surface area contributed by atoms with Crippen molar-refractivity contribution >= 4 is 46.0 Å². The average molecular weight is 398 g/mol. The first-order chi connectivity index (χ1) is 12.4. The van der Waals surface area contributed by atoms with Crippen LogP contribution in [0.4, 0.5) is 17.1 Å². The molecule has 0 amide bonds. The third kappa shape index (κ3) is 4.33. The van der Waals surface area contributed by atoms with Gasteiger partial charge in [-0.1, -0.05) is 11.6 Å². The summed E-state index contributed by atoms with van der Waals surface area (Å²) in [4.78, 5) is 0. The molecule has 0 saturated heterocycles. The average Bonchev–Trinajstić information content (AvgIpc) is 2.62. The topological polar surface area (TPSA) is 87.0 Å². The van der Waals surface area contributed by atoms with Crippen molar-refractivity contribution in [2.45, 2.75) is 0 Å². The molecule has 140 valence electrons. The number of ether oxygens (including phenoxy) is 4. The quantitative estimate of drug-likeness (QED) is 0.501. The number of thiocarbonyl (C=S) groups is 1. The molecule has 2 aromatic carbocycles. The maximum absolute atomic E-state index is 6.17. The Kier molecular flexibility index (Phi) is 6.59. The van der Waals surface area contributed by atoms with Crippen LogP contribution >= 0.6 is 23.8 Å². The van der Waals surface area contributed by atoms with E-state index in [0.717, 1.165) is 0 Å². The maximum Gasteiger partial charge on any atom is 0.175 e. The fourth-order valence-electron chi connectivity index (χ4n) is 2.25. The van der Waals surface area contributed by atoms with Crippen LogP contribution in [0.1, 0.15) is 0 Å². The molecule has 0 heterocycles. The number of rotatable bonds is 6. The molecule has 0 aromatic heterocycles. The van der Waals surface area contributed by atoms with E-state index in [9.17, 15) is 0 Å². The predicted octanol–water partition coefficient (Wildman–Crippen LogP) is 3.77. The summed E-state index contributed by atoms with van der Waals surface area (Å²) >= 11 is 11.5. The third-order valence-electron chi connectivity index (χ3n) is 3.52. The molecule has 0 aliphatic carbocycles. The Morgan fingerprint density at radius 3 is 1.85 bits per heavy atom. The van der Waals surface area contributed by atoms with Crippen LogP contribution in [0.2, 0.25) is 5.02 Å². The largest absolute Gasteiger partial charge is 0.495 e. The number of methoxy groups -OCH3 is 4. The van der Waals surface area contributed by atoms with Crippen molar-refractivity contribution in [1.29, 1.82) is 0 Å². The first-order valence-corrected chi connectivity index (χ1v) is 8.23. The smallest absolute Gasteiger partial charge is 0.175 e. The van der Waals surface area contributed by atoms with Crippen LogP contribution in [0, 0.1) is 0 Å². The number of hydrogen-bond donors (Lipinski definition) is 3. The number of nitrogen functional groups attached to an aromatic ring is 1. The number of nitrogens with one attached hydrogen (secondary N) is 2. The first-order valence-electron chi connectivity index (χ1n) is 7.44. The number of hydrogen-bond acceptors (Lipinski definition) is 6. The van der Waals surface area contributed by atoms with Crippen LogP contribution in [0.15, 0.2) is 24.3 Å². The van der Waals surface area contributed by atoms with Crippen LogP contribution < -0.4 is 35.3 Å². The summed E-state index contributed by atoms with van der Waals surface area (Å²) in [5.74, 6) is 2.04. The van der Waals surface area contributed by atoms with E-state index in [1.165, 1.54) is 28.4 Å². The molecule has 0 saturated carbocycles. The van der Waals surface area contributed by atoms with E-state index >= 15 is 0 Å². The Morgan fingerprint density at radius 1 is 0.808 bits per heavy atom. The van der Waals surface area contributed by atoms with E-state index in [0.29, 0.717) is 50.2 Å². The highest BCUT2D eigenvalue weighted by Gasteiger charge is 2.14. The van der Waals surface area contributed by atoms with Gasteiger partial charge in [0.25, 0.3) is 0 Å². The number of benzene rings is 2. The Hall–Kier alpha value is -2.58. The van der Waals surface area contributed by atoms with Gasteiger partial charge in [0.05, 0.1) is 50.5 Å². The van der Waals surface area contributed by atoms with Gasteiger partial charge in [-0.3, -0.25) is 0 Å². The monoisotopic (exact) mass is 397 g/mol. The fraction of sp³-hybridized carbons (Fsp3) is 0.235. The van der Waals surface area contributed by atoms with Crippen molar-refractivity contribution in [1.82, 2.24) is 0 Å². The molecule has 9 heteroatoms. The molecular formula is C17H20ClN3O4S. The van der Waals surface area contributed by atoms with Crippen molar-refractivity contribution in [2.24, 2.45) is 0 Å². The fourth-order valence-corrected chi connectivity index (χ4v) is 2.71. The number of nitrogens with two attached hydrogens (primary N) is 1. The van der Waals surface area contributed by atoms with Crippen LogP contribution in [-0.4, -0.2) is 33.6 Å². The van der Waals surface area contributed by atoms with E-state index in [1.54, 1.807) is 24.3 Å².